The summed E-state index contributed by atoms with van der Waals surface area (Å²) in [5, 5.41) is 13.9. The molecule has 0 bridgehead atoms. The van der Waals surface area contributed by atoms with Crippen molar-refractivity contribution in [2.45, 2.75) is 31.7 Å². The number of aliphatic carboxylic acids is 1. The highest BCUT2D eigenvalue weighted by Gasteiger charge is 2.27. The highest BCUT2D eigenvalue weighted by Crippen LogP contribution is 2.25. The van der Waals surface area contributed by atoms with E-state index in [2.05, 4.69) is 5.32 Å². The first-order valence-corrected chi connectivity index (χ1v) is 7.82. The van der Waals surface area contributed by atoms with Crippen LogP contribution in [0.3, 0.4) is 0 Å². The molecule has 0 unspecified atom stereocenters. The van der Waals surface area contributed by atoms with Gasteiger partial charge in [-0.15, -0.1) is 0 Å². The summed E-state index contributed by atoms with van der Waals surface area (Å²) in [6.45, 7) is 0. The number of hydrogen-bond acceptors (Lipinski definition) is 3. The van der Waals surface area contributed by atoms with E-state index in [0.717, 1.165) is 10.8 Å². The zero-order valence-electron chi connectivity index (χ0n) is 12.7. The average molecular weight is 313 g/mol. The molecule has 0 aromatic heterocycles. The van der Waals surface area contributed by atoms with E-state index in [1.807, 2.05) is 36.4 Å². The molecule has 0 aliphatic heterocycles. The van der Waals surface area contributed by atoms with E-state index in [9.17, 15) is 9.59 Å². The first-order valence-electron chi connectivity index (χ1n) is 7.82. The molecule has 1 amide bonds. The number of nitrogens with one attached hydrogen (secondary N) is 1. The lowest BCUT2D eigenvalue weighted by Crippen LogP contribution is -2.40. The number of ether oxygens (including phenoxy) is 1. The van der Waals surface area contributed by atoms with E-state index in [-0.39, 0.29) is 12.0 Å². The molecule has 1 aliphatic carbocycles. The maximum absolute atomic E-state index is 12.0. The Hall–Kier alpha value is -2.56. The van der Waals surface area contributed by atoms with Crippen LogP contribution in [0, 0.1) is 5.92 Å². The van der Waals surface area contributed by atoms with Gasteiger partial charge in [-0.05, 0) is 48.6 Å². The normalized spacial score (nSPS) is 20.9. The third-order valence-corrected chi connectivity index (χ3v) is 4.33. The Morgan fingerprint density at radius 2 is 1.70 bits per heavy atom. The smallest absolute Gasteiger partial charge is 0.412 e. The maximum atomic E-state index is 12.0. The number of fused-ring (bicyclic) bond motifs is 1. The fraction of sp³-hybridized carbons (Fsp3) is 0.333. The van der Waals surface area contributed by atoms with Crippen molar-refractivity contribution in [3.63, 3.8) is 0 Å². The van der Waals surface area contributed by atoms with Gasteiger partial charge in [0, 0.05) is 6.04 Å². The molecule has 0 saturated heterocycles. The minimum atomic E-state index is -0.748. The van der Waals surface area contributed by atoms with Crippen LogP contribution in [0.25, 0.3) is 10.8 Å². The van der Waals surface area contributed by atoms with E-state index in [1.165, 1.54) is 0 Å². The van der Waals surface area contributed by atoms with Gasteiger partial charge in [-0.3, -0.25) is 4.79 Å². The van der Waals surface area contributed by atoms with Crippen LogP contribution in [0.15, 0.2) is 42.5 Å². The van der Waals surface area contributed by atoms with E-state index in [4.69, 9.17) is 9.84 Å². The van der Waals surface area contributed by atoms with Gasteiger partial charge in [0.05, 0.1) is 5.92 Å². The summed E-state index contributed by atoms with van der Waals surface area (Å²) < 4.78 is 5.33. The zero-order valence-corrected chi connectivity index (χ0v) is 12.7. The lowest BCUT2D eigenvalue weighted by atomic mass is 9.86. The van der Waals surface area contributed by atoms with E-state index < -0.39 is 12.1 Å². The molecule has 0 spiro atoms. The molecule has 0 heterocycles. The molecule has 2 N–H and O–H groups in total. The van der Waals surface area contributed by atoms with Crippen molar-refractivity contribution in [3.8, 4) is 5.75 Å². The molecule has 3 rings (SSSR count). The molecule has 2 aromatic carbocycles. The van der Waals surface area contributed by atoms with Gasteiger partial charge in [-0.25, -0.2) is 4.79 Å². The Morgan fingerprint density at radius 3 is 2.39 bits per heavy atom. The summed E-state index contributed by atoms with van der Waals surface area (Å²) in [6.07, 6.45) is 2.04. The first-order chi connectivity index (χ1) is 11.1. The number of carboxylic acid groups (broad SMARTS) is 1. The second kappa shape index (κ2) is 6.69. The number of carbonyl (C=O) groups is 2. The largest absolute Gasteiger partial charge is 0.481 e. The van der Waals surface area contributed by atoms with Gasteiger partial charge in [0.25, 0.3) is 0 Å². The Labute approximate surface area is 134 Å². The van der Waals surface area contributed by atoms with Gasteiger partial charge in [0.1, 0.15) is 5.75 Å². The van der Waals surface area contributed by atoms with Gasteiger partial charge in [-0.1, -0.05) is 30.3 Å². The van der Waals surface area contributed by atoms with Gasteiger partial charge in [0.2, 0.25) is 0 Å². The predicted molar refractivity (Wildman–Crippen MR) is 86.5 cm³/mol. The second-order valence-corrected chi connectivity index (χ2v) is 5.93. The van der Waals surface area contributed by atoms with Gasteiger partial charge in [-0.2, -0.15) is 0 Å². The summed E-state index contributed by atoms with van der Waals surface area (Å²) in [5.41, 5.74) is 0. The Bertz CT molecular complexity index is 720. The monoisotopic (exact) mass is 313 g/mol. The minimum Gasteiger partial charge on any atom is -0.481 e. The van der Waals surface area contributed by atoms with Crippen LogP contribution in [0.4, 0.5) is 4.79 Å². The molecule has 120 valence electrons. The number of carbonyl (C=O) groups excluding carboxylic acids is 1. The molecule has 1 fully saturated rings. The summed E-state index contributed by atoms with van der Waals surface area (Å²) in [6, 6.07) is 13.4. The number of rotatable bonds is 3. The summed E-state index contributed by atoms with van der Waals surface area (Å²) in [4.78, 5) is 22.9. The topological polar surface area (TPSA) is 75.6 Å². The van der Waals surface area contributed by atoms with Crippen LogP contribution in [0.1, 0.15) is 25.7 Å². The molecular formula is C18H19NO4. The molecule has 1 saturated carbocycles. The van der Waals surface area contributed by atoms with Gasteiger partial charge >= 0.3 is 12.1 Å². The van der Waals surface area contributed by atoms with Crippen LogP contribution in [-0.4, -0.2) is 23.2 Å². The van der Waals surface area contributed by atoms with E-state index in [0.29, 0.717) is 31.4 Å². The minimum absolute atomic E-state index is 0.0152. The maximum Gasteiger partial charge on any atom is 0.412 e. The van der Waals surface area contributed by atoms with E-state index in [1.54, 1.807) is 6.07 Å². The second-order valence-electron chi connectivity index (χ2n) is 5.93. The Kier molecular flexibility index (Phi) is 4.46. The molecule has 5 heteroatoms. The molecule has 0 radical (unpaired) electrons. The fourth-order valence-electron chi connectivity index (χ4n) is 3.02. The quantitative estimate of drug-likeness (QED) is 0.908. The third-order valence-electron chi connectivity index (χ3n) is 4.33. The third kappa shape index (κ3) is 3.80. The lowest BCUT2D eigenvalue weighted by Gasteiger charge is -2.26. The SMILES string of the molecule is O=C(NC1CCC(C(=O)O)CC1)Oc1ccc2ccccc2c1. The van der Waals surface area contributed by atoms with Gasteiger partial charge < -0.3 is 15.2 Å². The van der Waals surface area contributed by atoms with Crippen LogP contribution in [0.2, 0.25) is 0 Å². The molecule has 5 nitrogen and oxygen atoms in total. The number of benzene rings is 2. The summed E-state index contributed by atoms with van der Waals surface area (Å²) >= 11 is 0. The number of hydrogen-bond donors (Lipinski definition) is 2. The lowest BCUT2D eigenvalue weighted by molar-refractivity contribution is -0.142. The van der Waals surface area contributed by atoms with Crippen molar-refractivity contribution >= 4 is 22.8 Å². The molecular weight excluding hydrogens is 294 g/mol. The van der Waals surface area contributed by atoms with Crippen molar-refractivity contribution in [2.24, 2.45) is 5.92 Å². The number of carboxylic acids is 1. The first kappa shape index (κ1) is 15.3. The average Bonchev–Trinajstić information content (AvgIpc) is 2.55. The van der Waals surface area contributed by atoms with Crippen molar-refractivity contribution in [3.05, 3.63) is 42.5 Å². The van der Waals surface area contributed by atoms with E-state index >= 15 is 0 Å². The summed E-state index contributed by atoms with van der Waals surface area (Å²) in [5.74, 6) is -0.535. The van der Waals surface area contributed by atoms with Crippen LogP contribution in [-0.2, 0) is 4.79 Å². The predicted octanol–water partition coefficient (Wildman–Crippen LogP) is 3.57. The zero-order chi connectivity index (χ0) is 16.2. The number of amides is 1. The van der Waals surface area contributed by atoms with Crippen molar-refractivity contribution < 1.29 is 19.4 Å². The highest BCUT2D eigenvalue weighted by atomic mass is 16.6. The van der Waals surface area contributed by atoms with Crippen molar-refractivity contribution in [1.82, 2.24) is 5.32 Å². The molecule has 2 aromatic rings. The van der Waals surface area contributed by atoms with Crippen LogP contribution >= 0.6 is 0 Å². The molecule has 0 atom stereocenters. The van der Waals surface area contributed by atoms with Crippen molar-refractivity contribution in [2.75, 3.05) is 0 Å². The van der Waals surface area contributed by atoms with Crippen LogP contribution in [0.5, 0.6) is 5.75 Å². The fourth-order valence-corrected chi connectivity index (χ4v) is 3.02. The standard InChI is InChI=1S/C18H19NO4/c20-17(21)13-5-8-15(9-6-13)19-18(22)23-16-10-7-12-3-1-2-4-14(12)11-16/h1-4,7,10-11,13,15H,5-6,8-9H2,(H,19,22)(H,20,21). The molecule has 23 heavy (non-hydrogen) atoms. The summed E-state index contributed by atoms with van der Waals surface area (Å²) in [7, 11) is 0. The van der Waals surface area contributed by atoms with Crippen molar-refractivity contribution in [1.29, 1.82) is 0 Å². The highest BCUT2D eigenvalue weighted by molar-refractivity contribution is 5.84. The Morgan fingerprint density at radius 1 is 1.00 bits per heavy atom. The van der Waals surface area contributed by atoms with Gasteiger partial charge in [0.15, 0.2) is 0 Å². The Balaban J connectivity index is 1.55. The molecule has 1 aliphatic rings. The van der Waals surface area contributed by atoms with Crippen LogP contribution < -0.4 is 10.1 Å².